The third-order valence-electron chi connectivity index (χ3n) is 4.81. The zero-order valence-electron chi connectivity index (χ0n) is 14.5. The van der Waals surface area contributed by atoms with E-state index in [0.29, 0.717) is 22.5 Å². The second-order valence-corrected chi connectivity index (χ2v) is 8.46. The van der Waals surface area contributed by atoms with E-state index in [1.54, 1.807) is 4.40 Å². The third kappa shape index (κ3) is 3.36. The Morgan fingerprint density at radius 1 is 1.33 bits per heavy atom. The van der Waals surface area contributed by atoms with Gasteiger partial charge >= 0.3 is 6.18 Å². The molecular formula is C18H15ClF3N3OS. The lowest BCUT2D eigenvalue weighted by atomic mass is 10.2. The number of fused-ring (bicyclic) bond motifs is 1. The van der Waals surface area contributed by atoms with Crippen molar-refractivity contribution in [3.05, 3.63) is 61.2 Å². The minimum atomic E-state index is -4.56. The minimum absolute atomic E-state index is 0.0411. The van der Waals surface area contributed by atoms with Crippen LogP contribution in [0.2, 0.25) is 5.02 Å². The van der Waals surface area contributed by atoms with Crippen molar-refractivity contribution in [2.75, 3.05) is 0 Å². The smallest absolute Gasteiger partial charge is 0.269 e. The van der Waals surface area contributed by atoms with Gasteiger partial charge in [0.05, 0.1) is 16.4 Å². The molecular weight excluding hydrogens is 399 g/mol. The fraction of sp³-hybridized carbons (Fsp3) is 0.389. The van der Waals surface area contributed by atoms with E-state index in [2.05, 4.69) is 16.9 Å². The van der Waals surface area contributed by atoms with Crippen LogP contribution in [0.5, 0.6) is 0 Å². The maximum absolute atomic E-state index is 12.9. The zero-order valence-corrected chi connectivity index (χ0v) is 16.0. The molecule has 0 saturated heterocycles. The summed E-state index contributed by atoms with van der Waals surface area (Å²) in [5.74, 6) is 0.907. The predicted molar refractivity (Wildman–Crippen MR) is 97.7 cm³/mol. The number of aromatic nitrogens is 3. The summed E-state index contributed by atoms with van der Waals surface area (Å²) in [6, 6.07) is 3.36. The fourth-order valence-electron chi connectivity index (χ4n) is 3.30. The van der Waals surface area contributed by atoms with Gasteiger partial charge in [0.1, 0.15) is 5.69 Å². The van der Waals surface area contributed by atoms with Gasteiger partial charge in [-0.3, -0.25) is 9.20 Å². The summed E-state index contributed by atoms with van der Waals surface area (Å²) in [5, 5.41) is 0.111. The van der Waals surface area contributed by atoms with E-state index in [1.165, 1.54) is 23.5 Å². The molecule has 4 nitrogen and oxygen atoms in total. The van der Waals surface area contributed by atoms with Gasteiger partial charge in [0.15, 0.2) is 4.96 Å². The molecule has 0 N–H and O–H groups in total. The largest absolute Gasteiger partial charge is 0.433 e. The molecule has 27 heavy (non-hydrogen) atoms. The SMILES string of the molecule is Cc1sc2nc(Cc3nc(C(F)(F)F)ccc3Cl)cc(=O)n2c1C1CC1C. The molecule has 1 fully saturated rings. The molecule has 1 aliphatic rings. The summed E-state index contributed by atoms with van der Waals surface area (Å²) in [4.78, 5) is 22.4. The van der Waals surface area contributed by atoms with E-state index in [4.69, 9.17) is 11.6 Å². The van der Waals surface area contributed by atoms with Crippen molar-refractivity contribution < 1.29 is 13.2 Å². The number of nitrogens with zero attached hydrogens (tertiary/aromatic N) is 3. The van der Waals surface area contributed by atoms with E-state index in [9.17, 15) is 18.0 Å². The lowest BCUT2D eigenvalue weighted by molar-refractivity contribution is -0.141. The highest BCUT2D eigenvalue weighted by atomic mass is 35.5. The molecule has 0 bridgehead atoms. The normalized spacial score (nSPS) is 19.6. The van der Waals surface area contributed by atoms with Crippen molar-refractivity contribution in [2.45, 2.75) is 38.8 Å². The molecule has 2 atom stereocenters. The number of halogens is 4. The summed E-state index contributed by atoms with van der Waals surface area (Å²) in [7, 11) is 0. The summed E-state index contributed by atoms with van der Waals surface area (Å²) < 4.78 is 40.3. The molecule has 3 aromatic heterocycles. The molecule has 1 saturated carbocycles. The van der Waals surface area contributed by atoms with Crippen LogP contribution < -0.4 is 5.56 Å². The fourth-order valence-corrected chi connectivity index (χ4v) is 4.54. The molecule has 0 spiro atoms. The highest BCUT2D eigenvalue weighted by Gasteiger charge is 2.38. The van der Waals surface area contributed by atoms with Gasteiger partial charge in [0.2, 0.25) is 0 Å². The van der Waals surface area contributed by atoms with Crippen LogP contribution in [0.25, 0.3) is 4.96 Å². The first-order valence-corrected chi connectivity index (χ1v) is 9.59. The number of rotatable bonds is 3. The minimum Gasteiger partial charge on any atom is -0.269 e. The van der Waals surface area contributed by atoms with Gasteiger partial charge < -0.3 is 0 Å². The van der Waals surface area contributed by atoms with Crippen molar-refractivity contribution in [1.82, 2.24) is 14.4 Å². The number of aryl methyl sites for hydroxylation is 1. The molecule has 3 aromatic rings. The first kappa shape index (κ1) is 18.4. The molecule has 3 heterocycles. The Balaban J connectivity index is 1.75. The van der Waals surface area contributed by atoms with Crippen LogP contribution in [0.1, 0.15) is 46.9 Å². The Morgan fingerprint density at radius 2 is 2.04 bits per heavy atom. The van der Waals surface area contributed by atoms with Crippen LogP contribution in [-0.4, -0.2) is 14.4 Å². The molecule has 0 aromatic carbocycles. The second-order valence-electron chi connectivity index (χ2n) is 6.87. The average Bonchev–Trinajstić information content (AvgIpc) is 3.17. The molecule has 2 unspecified atom stereocenters. The monoisotopic (exact) mass is 413 g/mol. The van der Waals surface area contributed by atoms with Crippen LogP contribution >= 0.6 is 22.9 Å². The van der Waals surface area contributed by atoms with Crippen LogP contribution in [0.3, 0.4) is 0 Å². The van der Waals surface area contributed by atoms with Gasteiger partial charge in [-0.15, -0.1) is 11.3 Å². The van der Waals surface area contributed by atoms with E-state index in [-0.39, 0.29) is 22.7 Å². The van der Waals surface area contributed by atoms with E-state index < -0.39 is 11.9 Å². The molecule has 0 radical (unpaired) electrons. The number of alkyl halides is 3. The molecule has 9 heteroatoms. The molecule has 0 amide bonds. The second kappa shape index (κ2) is 6.31. The quantitative estimate of drug-likeness (QED) is 0.617. The van der Waals surface area contributed by atoms with E-state index in [1.807, 2.05) is 6.92 Å². The molecule has 0 aliphatic heterocycles. The summed E-state index contributed by atoms with van der Waals surface area (Å²) >= 11 is 7.43. The van der Waals surface area contributed by atoms with Crippen molar-refractivity contribution in [1.29, 1.82) is 0 Å². The predicted octanol–water partition coefficient (Wildman–Crippen LogP) is 4.85. The van der Waals surface area contributed by atoms with Gasteiger partial charge in [-0.25, -0.2) is 9.97 Å². The maximum atomic E-state index is 12.9. The van der Waals surface area contributed by atoms with Gasteiger partial charge in [-0.05, 0) is 31.4 Å². The van der Waals surface area contributed by atoms with Crippen molar-refractivity contribution >= 4 is 27.9 Å². The van der Waals surface area contributed by atoms with E-state index >= 15 is 0 Å². The highest BCUT2D eigenvalue weighted by Crippen LogP contribution is 2.49. The summed E-state index contributed by atoms with van der Waals surface area (Å²) in [6.07, 6.45) is -3.55. The molecule has 142 valence electrons. The third-order valence-corrected chi connectivity index (χ3v) is 6.12. The molecule has 4 rings (SSSR count). The van der Waals surface area contributed by atoms with Gasteiger partial charge in [-0.1, -0.05) is 18.5 Å². The highest BCUT2D eigenvalue weighted by molar-refractivity contribution is 7.17. The number of hydrogen-bond donors (Lipinski definition) is 0. The van der Waals surface area contributed by atoms with Crippen molar-refractivity contribution in [2.24, 2.45) is 5.92 Å². The van der Waals surface area contributed by atoms with Crippen LogP contribution in [-0.2, 0) is 12.6 Å². The first-order chi connectivity index (χ1) is 12.6. The number of pyridine rings is 1. The van der Waals surface area contributed by atoms with Crippen molar-refractivity contribution in [3.63, 3.8) is 0 Å². The Hall–Kier alpha value is -1.93. The number of hydrogen-bond acceptors (Lipinski definition) is 4. The lowest BCUT2D eigenvalue weighted by Crippen LogP contribution is -2.17. The Kier molecular flexibility index (Phi) is 4.31. The van der Waals surface area contributed by atoms with Crippen LogP contribution in [0.15, 0.2) is 23.0 Å². The summed E-state index contributed by atoms with van der Waals surface area (Å²) in [5.41, 5.74) is 0.160. The standard InChI is InChI=1S/C18H15ClF3N3OS/c1-8-5-11(8)16-9(2)27-17-23-10(7-15(26)25(16)17)6-13-12(19)3-4-14(24-13)18(20,21)22/h3-4,7-8,11H,5-6H2,1-2H3. The van der Waals surface area contributed by atoms with Crippen LogP contribution in [0.4, 0.5) is 13.2 Å². The topological polar surface area (TPSA) is 47.3 Å². The van der Waals surface area contributed by atoms with Crippen LogP contribution in [0, 0.1) is 12.8 Å². The van der Waals surface area contributed by atoms with Gasteiger partial charge in [0.25, 0.3) is 5.56 Å². The number of thiazole rings is 1. The van der Waals surface area contributed by atoms with Gasteiger partial charge in [0, 0.05) is 29.0 Å². The Morgan fingerprint density at radius 3 is 2.67 bits per heavy atom. The Labute approximate surface area is 161 Å². The summed E-state index contributed by atoms with van der Waals surface area (Å²) in [6.45, 7) is 4.10. The maximum Gasteiger partial charge on any atom is 0.433 e. The average molecular weight is 414 g/mol. The van der Waals surface area contributed by atoms with Crippen molar-refractivity contribution in [3.8, 4) is 0 Å². The lowest BCUT2D eigenvalue weighted by Gasteiger charge is -2.09. The first-order valence-electron chi connectivity index (χ1n) is 8.39. The van der Waals surface area contributed by atoms with Gasteiger partial charge in [-0.2, -0.15) is 13.2 Å². The Bertz CT molecular complexity index is 1110. The molecule has 1 aliphatic carbocycles. The zero-order chi connectivity index (χ0) is 19.5. The van der Waals surface area contributed by atoms with E-state index in [0.717, 1.165) is 23.1 Å².